The average Bonchev–Trinajstić information content (AvgIpc) is 3.25. The summed E-state index contributed by atoms with van der Waals surface area (Å²) in [5, 5.41) is 12.6. The van der Waals surface area contributed by atoms with Crippen molar-refractivity contribution in [2.45, 2.75) is 57.7 Å². The minimum atomic E-state index is 0.0807. The monoisotopic (exact) mass is 478 g/mol. The van der Waals surface area contributed by atoms with Gasteiger partial charge in [0, 0.05) is 31.5 Å². The van der Waals surface area contributed by atoms with E-state index in [0.717, 1.165) is 49.8 Å². The van der Waals surface area contributed by atoms with E-state index in [9.17, 15) is 9.59 Å². The van der Waals surface area contributed by atoms with Crippen LogP contribution in [-0.4, -0.2) is 38.8 Å². The molecule has 0 spiro atoms. The Hall–Kier alpha value is -2.93. The van der Waals surface area contributed by atoms with E-state index in [4.69, 9.17) is 0 Å². The number of nitrogens with zero attached hydrogens (tertiary/aromatic N) is 3. The maximum Gasteiger partial charge on any atom is 0.220 e. The van der Waals surface area contributed by atoms with Crippen LogP contribution in [-0.2, 0) is 24.2 Å². The molecule has 3 rings (SSSR count). The van der Waals surface area contributed by atoms with Crippen molar-refractivity contribution in [1.82, 2.24) is 20.1 Å². The summed E-state index contributed by atoms with van der Waals surface area (Å²) in [4.78, 5) is 24.5. The quantitative estimate of drug-likeness (QED) is 0.201. The summed E-state index contributed by atoms with van der Waals surface area (Å²) in [6, 6.07) is 19.7. The van der Waals surface area contributed by atoms with Crippen molar-refractivity contribution in [2.75, 3.05) is 12.3 Å². The Bertz CT molecular complexity index is 1040. The van der Waals surface area contributed by atoms with Crippen molar-refractivity contribution >= 4 is 23.5 Å². The highest BCUT2D eigenvalue weighted by atomic mass is 32.2. The third-order valence-electron chi connectivity index (χ3n) is 5.45. The van der Waals surface area contributed by atoms with Gasteiger partial charge in [-0.3, -0.25) is 9.59 Å². The lowest BCUT2D eigenvalue weighted by molar-refractivity contribution is -0.121. The standard InChI is InChI=1S/C27H34N4O2S/c1-21(2)19-28-26(33)16-10-9-15-25-29-30-27(31(25)18-17-22-11-5-3-6-12-22)34-20-24(32)23-13-7-4-8-14-23/h3-8,11-14,21H,9-10,15-20H2,1-2H3,(H,28,33). The molecule has 1 aromatic heterocycles. The number of benzene rings is 2. The predicted octanol–water partition coefficient (Wildman–Crippen LogP) is 4.98. The number of ketones is 1. The largest absolute Gasteiger partial charge is 0.356 e. The summed E-state index contributed by atoms with van der Waals surface area (Å²) >= 11 is 1.44. The van der Waals surface area contributed by atoms with E-state index in [1.54, 1.807) is 0 Å². The fraction of sp³-hybridized carbons (Fsp3) is 0.407. The van der Waals surface area contributed by atoms with E-state index in [2.05, 4.69) is 46.1 Å². The van der Waals surface area contributed by atoms with E-state index >= 15 is 0 Å². The molecule has 0 aliphatic heterocycles. The summed E-state index contributed by atoms with van der Waals surface area (Å²) < 4.78 is 2.13. The van der Waals surface area contributed by atoms with Crippen molar-refractivity contribution in [3.63, 3.8) is 0 Å². The minimum absolute atomic E-state index is 0.0807. The van der Waals surface area contributed by atoms with Crippen LogP contribution < -0.4 is 5.32 Å². The van der Waals surface area contributed by atoms with Gasteiger partial charge in [-0.15, -0.1) is 10.2 Å². The summed E-state index contributed by atoms with van der Waals surface area (Å²) in [5.74, 6) is 1.88. The Balaban J connectivity index is 1.59. The van der Waals surface area contributed by atoms with Crippen LogP contribution in [0.25, 0.3) is 0 Å². The fourth-order valence-corrected chi connectivity index (χ4v) is 4.41. The Labute approximate surface area is 206 Å². The fourth-order valence-electron chi connectivity index (χ4n) is 3.53. The van der Waals surface area contributed by atoms with Gasteiger partial charge in [0.2, 0.25) is 5.91 Å². The first-order valence-electron chi connectivity index (χ1n) is 12.0. The van der Waals surface area contributed by atoms with Crippen LogP contribution >= 0.6 is 11.8 Å². The molecule has 6 nitrogen and oxygen atoms in total. The highest BCUT2D eigenvalue weighted by Gasteiger charge is 2.15. The van der Waals surface area contributed by atoms with Gasteiger partial charge >= 0.3 is 0 Å². The molecular weight excluding hydrogens is 444 g/mol. The van der Waals surface area contributed by atoms with E-state index in [1.807, 2.05) is 48.5 Å². The van der Waals surface area contributed by atoms with Crippen molar-refractivity contribution in [2.24, 2.45) is 5.92 Å². The third-order valence-corrected chi connectivity index (χ3v) is 6.42. The second-order valence-corrected chi connectivity index (χ2v) is 9.71. The molecule has 3 aromatic rings. The molecule has 2 aromatic carbocycles. The predicted molar refractivity (Wildman–Crippen MR) is 137 cm³/mol. The van der Waals surface area contributed by atoms with E-state index in [1.165, 1.54) is 17.3 Å². The third kappa shape index (κ3) is 8.45. The Kier molecular flexibility index (Phi) is 10.3. The van der Waals surface area contributed by atoms with Crippen LogP contribution in [0.1, 0.15) is 54.9 Å². The lowest BCUT2D eigenvalue weighted by atomic mass is 10.1. The zero-order valence-corrected chi connectivity index (χ0v) is 20.9. The number of thioether (sulfide) groups is 1. The van der Waals surface area contributed by atoms with Gasteiger partial charge in [-0.05, 0) is 30.7 Å². The van der Waals surface area contributed by atoms with Crippen LogP contribution in [0.5, 0.6) is 0 Å². The lowest BCUT2D eigenvalue weighted by Gasteiger charge is -2.11. The number of aromatic nitrogens is 3. The lowest BCUT2D eigenvalue weighted by Crippen LogP contribution is -2.26. The van der Waals surface area contributed by atoms with Gasteiger partial charge in [-0.25, -0.2) is 0 Å². The molecule has 7 heteroatoms. The summed E-state index contributed by atoms with van der Waals surface area (Å²) in [6.45, 7) is 5.65. The second kappa shape index (κ2) is 13.7. The van der Waals surface area contributed by atoms with Gasteiger partial charge in [0.05, 0.1) is 5.75 Å². The van der Waals surface area contributed by atoms with Crippen molar-refractivity contribution in [1.29, 1.82) is 0 Å². The summed E-state index contributed by atoms with van der Waals surface area (Å²) in [6.07, 6.45) is 3.82. The number of hydrogen-bond donors (Lipinski definition) is 1. The van der Waals surface area contributed by atoms with E-state index in [-0.39, 0.29) is 11.7 Å². The zero-order valence-electron chi connectivity index (χ0n) is 20.1. The summed E-state index contributed by atoms with van der Waals surface area (Å²) in [7, 11) is 0. The molecule has 1 N–H and O–H groups in total. The molecule has 34 heavy (non-hydrogen) atoms. The van der Waals surface area contributed by atoms with E-state index in [0.29, 0.717) is 23.7 Å². The van der Waals surface area contributed by atoms with Gasteiger partial charge < -0.3 is 9.88 Å². The zero-order chi connectivity index (χ0) is 24.2. The van der Waals surface area contributed by atoms with Crippen molar-refractivity contribution in [3.05, 3.63) is 77.6 Å². The molecule has 0 aliphatic carbocycles. The Morgan fingerprint density at radius 2 is 1.65 bits per heavy atom. The Morgan fingerprint density at radius 1 is 0.941 bits per heavy atom. The topological polar surface area (TPSA) is 76.9 Å². The highest BCUT2D eigenvalue weighted by Crippen LogP contribution is 2.21. The molecule has 0 saturated carbocycles. The van der Waals surface area contributed by atoms with Gasteiger partial charge in [0.1, 0.15) is 5.82 Å². The smallest absolute Gasteiger partial charge is 0.220 e. The van der Waals surface area contributed by atoms with Gasteiger partial charge in [-0.2, -0.15) is 0 Å². The number of unbranched alkanes of at least 4 members (excludes halogenated alkanes) is 1. The molecular formula is C27H34N4O2S. The normalized spacial score (nSPS) is 11.0. The summed E-state index contributed by atoms with van der Waals surface area (Å²) in [5.41, 5.74) is 1.96. The van der Waals surface area contributed by atoms with Crippen molar-refractivity contribution in [3.8, 4) is 0 Å². The molecule has 0 unspecified atom stereocenters. The molecule has 0 radical (unpaired) electrons. The van der Waals surface area contributed by atoms with Crippen molar-refractivity contribution < 1.29 is 9.59 Å². The van der Waals surface area contributed by atoms with Gasteiger partial charge in [-0.1, -0.05) is 86.3 Å². The average molecular weight is 479 g/mol. The first kappa shape index (κ1) is 25.7. The number of aryl methyl sites for hydroxylation is 2. The number of Topliss-reactive ketones (excluding diaryl/α,β-unsaturated/α-hetero) is 1. The van der Waals surface area contributed by atoms with E-state index < -0.39 is 0 Å². The number of nitrogens with one attached hydrogen (secondary N) is 1. The first-order chi connectivity index (χ1) is 16.5. The number of hydrogen-bond acceptors (Lipinski definition) is 5. The maximum atomic E-state index is 12.6. The maximum absolute atomic E-state index is 12.6. The van der Waals surface area contributed by atoms with Crippen LogP contribution in [0.2, 0.25) is 0 Å². The first-order valence-corrected chi connectivity index (χ1v) is 12.9. The number of carbonyl (C=O) groups is 2. The molecule has 1 amide bonds. The SMILES string of the molecule is CC(C)CNC(=O)CCCCc1nnc(SCC(=O)c2ccccc2)n1CCc1ccccc1. The number of rotatable bonds is 14. The van der Waals surface area contributed by atoms with Crippen LogP contribution in [0.3, 0.4) is 0 Å². The molecule has 0 saturated heterocycles. The molecule has 0 bridgehead atoms. The van der Waals surface area contributed by atoms with Gasteiger partial charge in [0.15, 0.2) is 10.9 Å². The molecule has 0 aliphatic rings. The number of amides is 1. The van der Waals surface area contributed by atoms with Crippen LogP contribution in [0, 0.1) is 5.92 Å². The minimum Gasteiger partial charge on any atom is -0.356 e. The molecule has 180 valence electrons. The highest BCUT2D eigenvalue weighted by molar-refractivity contribution is 7.99. The molecule has 1 heterocycles. The van der Waals surface area contributed by atoms with Crippen LogP contribution in [0.15, 0.2) is 65.8 Å². The van der Waals surface area contributed by atoms with Gasteiger partial charge in [0.25, 0.3) is 0 Å². The number of carbonyl (C=O) groups excluding carboxylic acids is 2. The second-order valence-electron chi connectivity index (χ2n) is 8.77. The van der Waals surface area contributed by atoms with Crippen LogP contribution in [0.4, 0.5) is 0 Å². The molecule has 0 fully saturated rings. The Morgan fingerprint density at radius 3 is 2.35 bits per heavy atom. The molecule has 0 atom stereocenters.